The molecule has 0 spiro atoms. The van der Waals surface area contributed by atoms with E-state index in [2.05, 4.69) is 26.2 Å². The van der Waals surface area contributed by atoms with Crippen molar-refractivity contribution >= 4 is 33.5 Å². The number of rotatable bonds is 5. The minimum Gasteiger partial charge on any atom is -0.481 e. The molecular weight excluding hydrogens is 302 g/mol. The fourth-order valence-electron chi connectivity index (χ4n) is 1.27. The van der Waals surface area contributed by atoms with E-state index in [1.807, 2.05) is 6.92 Å². The van der Waals surface area contributed by atoms with Gasteiger partial charge in [0.15, 0.2) is 0 Å². The monoisotopic (exact) mass is 315 g/mol. The first-order valence-corrected chi connectivity index (χ1v) is 6.10. The van der Waals surface area contributed by atoms with Crippen LogP contribution in [0, 0.1) is 6.92 Å². The van der Waals surface area contributed by atoms with E-state index in [1.54, 1.807) is 6.07 Å². The lowest BCUT2D eigenvalue weighted by Crippen LogP contribution is -2.36. The van der Waals surface area contributed by atoms with E-state index in [9.17, 15) is 9.59 Å². The van der Waals surface area contributed by atoms with E-state index in [0.29, 0.717) is 10.3 Å². The van der Waals surface area contributed by atoms with Crippen molar-refractivity contribution in [2.24, 2.45) is 5.73 Å². The highest BCUT2D eigenvalue weighted by molar-refractivity contribution is 9.10. The van der Waals surface area contributed by atoms with Crippen LogP contribution >= 0.6 is 15.9 Å². The Morgan fingerprint density at radius 2 is 2.28 bits per heavy atom. The molecule has 0 aliphatic rings. The van der Waals surface area contributed by atoms with Crippen LogP contribution in [0.25, 0.3) is 0 Å². The molecule has 6 nitrogen and oxygen atoms in total. The number of hydrogen-bond acceptors (Lipinski definition) is 4. The second-order valence-corrected chi connectivity index (χ2v) is 4.61. The van der Waals surface area contributed by atoms with Gasteiger partial charge in [-0.15, -0.1) is 0 Å². The van der Waals surface area contributed by atoms with Crippen molar-refractivity contribution < 1.29 is 14.7 Å². The Balaban J connectivity index is 2.58. The van der Waals surface area contributed by atoms with Gasteiger partial charge >= 0.3 is 5.97 Å². The van der Waals surface area contributed by atoms with Crippen LogP contribution in [-0.2, 0) is 9.59 Å². The van der Waals surface area contributed by atoms with Gasteiger partial charge in [-0.25, -0.2) is 4.98 Å². The van der Waals surface area contributed by atoms with E-state index in [0.717, 1.165) is 5.56 Å². The van der Waals surface area contributed by atoms with Crippen molar-refractivity contribution in [3.63, 3.8) is 0 Å². The van der Waals surface area contributed by atoms with Gasteiger partial charge in [0.05, 0.1) is 17.9 Å². The summed E-state index contributed by atoms with van der Waals surface area (Å²) in [6, 6.07) is 0.906. The third-order valence-electron chi connectivity index (χ3n) is 2.29. The molecule has 0 bridgehead atoms. The summed E-state index contributed by atoms with van der Waals surface area (Å²) in [6.45, 7) is 1.84. The van der Waals surface area contributed by atoms with Gasteiger partial charge in [0.2, 0.25) is 5.91 Å². The molecule has 1 rings (SSSR count). The van der Waals surface area contributed by atoms with E-state index >= 15 is 0 Å². The van der Waals surface area contributed by atoms with Crippen LogP contribution in [0.15, 0.2) is 16.9 Å². The molecule has 0 aromatic carbocycles. The van der Waals surface area contributed by atoms with Crippen LogP contribution < -0.4 is 11.1 Å². The SMILES string of the molecule is Cc1cc(NC(=O)C(N)CCC(=O)O)cnc1Br. The van der Waals surface area contributed by atoms with Gasteiger partial charge in [0.1, 0.15) is 4.60 Å². The van der Waals surface area contributed by atoms with Crippen molar-refractivity contribution in [2.75, 3.05) is 5.32 Å². The number of carboxylic acid groups (broad SMARTS) is 1. The Morgan fingerprint density at radius 3 is 2.83 bits per heavy atom. The summed E-state index contributed by atoms with van der Waals surface area (Å²) in [4.78, 5) is 26.0. The quantitative estimate of drug-likeness (QED) is 0.710. The number of aryl methyl sites for hydroxylation is 1. The third-order valence-corrected chi connectivity index (χ3v) is 3.12. The molecule has 1 amide bonds. The van der Waals surface area contributed by atoms with E-state index in [-0.39, 0.29) is 12.8 Å². The summed E-state index contributed by atoms with van der Waals surface area (Å²) < 4.78 is 0.704. The number of carbonyl (C=O) groups is 2. The van der Waals surface area contributed by atoms with Gasteiger partial charge in [-0.05, 0) is 40.9 Å². The van der Waals surface area contributed by atoms with Gasteiger partial charge in [-0.3, -0.25) is 9.59 Å². The Bertz CT molecular complexity index is 465. The molecule has 7 heteroatoms. The molecule has 0 saturated heterocycles. The first-order chi connectivity index (χ1) is 8.40. The standard InChI is InChI=1S/C11H14BrN3O3/c1-6-4-7(5-14-10(6)12)15-11(18)8(13)2-3-9(16)17/h4-5,8H,2-3,13H2,1H3,(H,15,18)(H,16,17). The Labute approximate surface area is 113 Å². The largest absolute Gasteiger partial charge is 0.481 e. The van der Waals surface area contributed by atoms with E-state index in [1.165, 1.54) is 6.20 Å². The number of aliphatic carboxylic acids is 1. The molecule has 1 aromatic heterocycles. The summed E-state index contributed by atoms with van der Waals surface area (Å²) in [7, 11) is 0. The maximum atomic E-state index is 11.7. The number of carboxylic acids is 1. The molecule has 18 heavy (non-hydrogen) atoms. The van der Waals surface area contributed by atoms with Gasteiger partial charge in [0, 0.05) is 6.42 Å². The lowest BCUT2D eigenvalue weighted by molar-refractivity contribution is -0.137. The van der Waals surface area contributed by atoms with Crippen LogP contribution in [0.2, 0.25) is 0 Å². The maximum absolute atomic E-state index is 11.7. The topological polar surface area (TPSA) is 105 Å². The minimum atomic E-state index is -0.973. The molecule has 1 unspecified atom stereocenters. The molecule has 0 aliphatic heterocycles. The van der Waals surface area contributed by atoms with Crippen LogP contribution in [0.1, 0.15) is 18.4 Å². The van der Waals surface area contributed by atoms with Gasteiger partial charge in [-0.1, -0.05) is 0 Å². The fraction of sp³-hybridized carbons (Fsp3) is 0.364. The molecule has 1 aromatic rings. The number of aromatic nitrogens is 1. The number of amides is 1. The average Bonchev–Trinajstić information content (AvgIpc) is 2.30. The van der Waals surface area contributed by atoms with E-state index < -0.39 is 17.9 Å². The third kappa shape index (κ3) is 4.42. The number of nitrogens with one attached hydrogen (secondary N) is 1. The molecule has 1 atom stereocenters. The molecule has 98 valence electrons. The van der Waals surface area contributed by atoms with Crippen molar-refractivity contribution in [3.05, 3.63) is 22.4 Å². The highest BCUT2D eigenvalue weighted by Gasteiger charge is 2.15. The average molecular weight is 316 g/mol. The van der Waals surface area contributed by atoms with Crippen molar-refractivity contribution in [1.29, 1.82) is 0 Å². The molecular formula is C11H14BrN3O3. The molecule has 0 saturated carbocycles. The summed E-state index contributed by atoms with van der Waals surface area (Å²) in [5, 5.41) is 11.1. The Morgan fingerprint density at radius 1 is 1.61 bits per heavy atom. The lowest BCUT2D eigenvalue weighted by atomic mass is 10.1. The van der Waals surface area contributed by atoms with Crippen LogP contribution in [0.5, 0.6) is 0 Å². The Kier molecular flexibility index (Phi) is 5.24. The number of carbonyl (C=O) groups excluding carboxylic acids is 1. The van der Waals surface area contributed by atoms with Crippen LogP contribution in [0.4, 0.5) is 5.69 Å². The molecule has 0 radical (unpaired) electrons. The number of hydrogen-bond donors (Lipinski definition) is 3. The fourth-order valence-corrected chi connectivity index (χ4v) is 1.49. The molecule has 1 heterocycles. The second-order valence-electron chi connectivity index (χ2n) is 3.86. The van der Waals surface area contributed by atoms with Gasteiger partial charge in [-0.2, -0.15) is 0 Å². The highest BCUT2D eigenvalue weighted by Crippen LogP contribution is 2.16. The smallest absolute Gasteiger partial charge is 0.303 e. The summed E-state index contributed by atoms with van der Waals surface area (Å²) in [5.74, 6) is -1.39. The van der Waals surface area contributed by atoms with E-state index in [4.69, 9.17) is 10.8 Å². The van der Waals surface area contributed by atoms with Crippen molar-refractivity contribution in [2.45, 2.75) is 25.8 Å². The number of halogens is 1. The zero-order chi connectivity index (χ0) is 13.7. The lowest BCUT2D eigenvalue weighted by Gasteiger charge is -2.11. The zero-order valence-electron chi connectivity index (χ0n) is 9.81. The first-order valence-electron chi connectivity index (χ1n) is 5.30. The maximum Gasteiger partial charge on any atom is 0.303 e. The number of pyridine rings is 1. The second kappa shape index (κ2) is 6.46. The first kappa shape index (κ1) is 14.6. The minimum absolute atomic E-state index is 0.101. The number of nitrogens with two attached hydrogens (primary N) is 1. The number of anilines is 1. The molecule has 4 N–H and O–H groups in total. The molecule has 0 fully saturated rings. The normalized spacial score (nSPS) is 11.9. The predicted molar refractivity (Wildman–Crippen MR) is 70.1 cm³/mol. The van der Waals surface area contributed by atoms with Crippen molar-refractivity contribution in [1.82, 2.24) is 4.98 Å². The van der Waals surface area contributed by atoms with Gasteiger partial charge in [0.25, 0.3) is 0 Å². The van der Waals surface area contributed by atoms with Crippen LogP contribution in [-0.4, -0.2) is 28.0 Å². The summed E-state index contributed by atoms with van der Waals surface area (Å²) in [6.07, 6.45) is 1.47. The predicted octanol–water partition coefficient (Wildman–Crippen LogP) is 1.28. The molecule has 0 aliphatic carbocycles. The Hall–Kier alpha value is -1.47. The summed E-state index contributed by atoms with van der Waals surface area (Å²) in [5.41, 5.74) is 6.99. The van der Waals surface area contributed by atoms with Gasteiger partial charge < -0.3 is 16.2 Å². The summed E-state index contributed by atoms with van der Waals surface area (Å²) >= 11 is 3.25. The van der Waals surface area contributed by atoms with Crippen LogP contribution in [0.3, 0.4) is 0 Å². The number of nitrogens with zero attached hydrogens (tertiary/aromatic N) is 1. The highest BCUT2D eigenvalue weighted by atomic mass is 79.9. The van der Waals surface area contributed by atoms with Crippen molar-refractivity contribution in [3.8, 4) is 0 Å². The zero-order valence-corrected chi connectivity index (χ0v) is 11.4.